The number of hydrogen-bond acceptors (Lipinski definition) is 4. The first kappa shape index (κ1) is 16.5. The second kappa shape index (κ2) is 7.03. The lowest BCUT2D eigenvalue weighted by atomic mass is 10.0. The van der Waals surface area contributed by atoms with E-state index in [0.29, 0.717) is 6.08 Å². The first-order valence-corrected chi connectivity index (χ1v) is 5.36. The van der Waals surface area contributed by atoms with Crippen molar-refractivity contribution in [3.05, 3.63) is 11.6 Å². The van der Waals surface area contributed by atoms with Crippen LogP contribution in [0.4, 0.5) is 13.2 Å². The van der Waals surface area contributed by atoms with E-state index in [1.54, 1.807) is 0 Å². The first-order chi connectivity index (χ1) is 8.23. The molecule has 0 amide bonds. The molecule has 0 aromatic heterocycles. The standard InChI is InChI=1S/C11H15F3O4/c1-4-17-9(15)6-8(10(16)18-5-2)7(3)11(12,13)14/h6-7H,4-5H2,1-3H3. The van der Waals surface area contributed by atoms with Gasteiger partial charge in [-0.3, -0.25) is 0 Å². The van der Waals surface area contributed by atoms with Gasteiger partial charge in [-0.15, -0.1) is 0 Å². The summed E-state index contributed by atoms with van der Waals surface area (Å²) in [6, 6.07) is 0. The van der Waals surface area contributed by atoms with Crippen molar-refractivity contribution in [1.82, 2.24) is 0 Å². The van der Waals surface area contributed by atoms with Crippen LogP contribution in [0, 0.1) is 5.92 Å². The van der Waals surface area contributed by atoms with Gasteiger partial charge in [0.2, 0.25) is 0 Å². The van der Waals surface area contributed by atoms with E-state index in [4.69, 9.17) is 0 Å². The molecule has 0 saturated heterocycles. The summed E-state index contributed by atoms with van der Waals surface area (Å²) >= 11 is 0. The Morgan fingerprint density at radius 3 is 2.06 bits per heavy atom. The Morgan fingerprint density at radius 2 is 1.67 bits per heavy atom. The average molecular weight is 268 g/mol. The predicted molar refractivity (Wildman–Crippen MR) is 56.6 cm³/mol. The van der Waals surface area contributed by atoms with Crippen LogP contribution < -0.4 is 0 Å². The fraction of sp³-hybridized carbons (Fsp3) is 0.636. The van der Waals surface area contributed by atoms with Crippen LogP contribution in [0.5, 0.6) is 0 Å². The molecule has 7 heteroatoms. The molecular formula is C11H15F3O4. The zero-order valence-electron chi connectivity index (χ0n) is 10.3. The van der Waals surface area contributed by atoms with Crippen molar-refractivity contribution in [2.75, 3.05) is 13.2 Å². The molecule has 0 spiro atoms. The Labute approximate surface area is 103 Å². The second-order valence-corrected chi connectivity index (χ2v) is 3.34. The monoisotopic (exact) mass is 268 g/mol. The van der Waals surface area contributed by atoms with Crippen molar-refractivity contribution in [2.24, 2.45) is 5.92 Å². The fourth-order valence-electron chi connectivity index (χ4n) is 1.06. The third-order valence-electron chi connectivity index (χ3n) is 2.03. The van der Waals surface area contributed by atoms with E-state index in [2.05, 4.69) is 9.47 Å². The third kappa shape index (κ3) is 5.20. The quantitative estimate of drug-likeness (QED) is 0.567. The van der Waals surface area contributed by atoms with E-state index in [0.717, 1.165) is 6.92 Å². The lowest BCUT2D eigenvalue weighted by Crippen LogP contribution is -2.27. The zero-order valence-corrected chi connectivity index (χ0v) is 10.3. The summed E-state index contributed by atoms with van der Waals surface area (Å²) in [6.45, 7) is 3.67. The minimum absolute atomic E-state index is 0.00579. The van der Waals surface area contributed by atoms with E-state index >= 15 is 0 Å². The van der Waals surface area contributed by atoms with Crippen molar-refractivity contribution in [3.8, 4) is 0 Å². The van der Waals surface area contributed by atoms with Gasteiger partial charge in [-0.05, 0) is 20.8 Å². The fourth-order valence-corrected chi connectivity index (χ4v) is 1.06. The summed E-state index contributed by atoms with van der Waals surface area (Å²) in [5.41, 5.74) is -0.761. The molecule has 0 aromatic carbocycles. The van der Waals surface area contributed by atoms with Crippen LogP contribution in [0.3, 0.4) is 0 Å². The van der Waals surface area contributed by atoms with E-state index in [1.807, 2.05) is 0 Å². The summed E-state index contributed by atoms with van der Waals surface area (Å²) in [5.74, 6) is -4.27. The van der Waals surface area contributed by atoms with Crippen molar-refractivity contribution in [1.29, 1.82) is 0 Å². The predicted octanol–water partition coefficient (Wildman–Crippen LogP) is 2.24. The summed E-state index contributed by atoms with van der Waals surface area (Å²) in [4.78, 5) is 22.5. The Hall–Kier alpha value is -1.53. The molecule has 0 bridgehead atoms. The molecule has 104 valence electrons. The molecule has 1 atom stereocenters. The second-order valence-electron chi connectivity index (χ2n) is 3.34. The van der Waals surface area contributed by atoms with E-state index < -0.39 is 29.6 Å². The van der Waals surface area contributed by atoms with E-state index in [1.165, 1.54) is 13.8 Å². The minimum Gasteiger partial charge on any atom is -0.463 e. The number of hydrogen-bond donors (Lipinski definition) is 0. The summed E-state index contributed by atoms with van der Waals surface area (Å²) in [6.07, 6.45) is -4.11. The van der Waals surface area contributed by atoms with Crippen molar-refractivity contribution < 1.29 is 32.2 Å². The molecular weight excluding hydrogens is 253 g/mol. The molecule has 0 N–H and O–H groups in total. The van der Waals surface area contributed by atoms with Crippen LogP contribution in [-0.4, -0.2) is 31.3 Å². The van der Waals surface area contributed by atoms with Gasteiger partial charge in [0.1, 0.15) is 0 Å². The van der Waals surface area contributed by atoms with Gasteiger partial charge in [0.25, 0.3) is 0 Å². The van der Waals surface area contributed by atoms with Gasteiger partial charge in [0.15, 0.2) is 0 Å². The summed E-state index contributed by atoms with van der Waals surface area (Å²) < 4.78 is 46.6. The molecule has 0 aromatic rings. The Morgan fingerprint density at radius 1 is 1.17 bits per heavy atom. The largest absolute Gasteiger partial charge is 0.463 e. The lowest BCUT2D eigenvalue weighted by Gasteiger charge is -2.17. The van der Waals surface area contributed by atoms with E-state index in [9.17, 15) is 22.8 Å². The number of alkyl halides is 3. The number of halogens is 3. The maximum Gasteiger partial charge on any atom is 0.395 e. The van der Waals surface area contributed by atoms with Gasteiger partial charge in [-0.1, -0.05) is 0 Å². The number of carbonyl (C=O) groups is 2. The maximum absolute atomic E-state index is 12.5. The van der Waals surface area contributed by atoms with Crippen LogP contribution in [-0.2, 0) is 19.1 Å². The number of esters is 2. The zero-order chi connectivity index (χ0) is 14.3. The molecule has 0 fully saturated rings. The maximum atomic E-state index is 12.5. The molecule has 0 aliphatic carbocycles. The van der Waals surface area contributed by atoms with Crippen LogP contribution in [0.1, 0.15) is 20.8 Å². The number of rotatable bonds is 5. The molecule has 0 heterocycles. The van der Waals surface area contributed by atoms with Crippen LogP contribution in [0.15, 0.2) is 11.6 Å². The number of carbonyl (C=O) groups excluding carboxylic acids is 2. The Balaban J connectivity index is 5.18. The van der Waals surface area contributed by atoms with Crippen molar-refractivity contribution >= 4 is 11.9 Å². The molecule has 4 nitrogen and oxygen atoms in total. The summed E-state index contributed by atoms with van der Waals surface area (Å²) in [7, 11) is 0. The highest BCUT2D eigenvalue weighted by Crippen LogP contribution is 2.32. The van der Waals surface area contributed by atoms with Gasteiger partial charge in [0, 0.05) is 6.08 Å². The molecule has 1 unspecified atom stereocenters. The average Bonchev–Trinajstić information content (AvgIpc) is 2.24. The first-order valence-electron chi connectivity index (χ1n) is 5.36. The Bertz CT molecular complexity index is 334. The smallest absolute Gasteiger partial charge is 0.395 e. The normalized spacial score (nSPS) is 14.0. The molecule has 0 rings (SSSR count). The highest BCUT2D eigenvalue weighted by molar-refractivity contribution is 5.96. The van der Waals surface area contributed by atoms with Crippen LogP contribution >= 0.6 is 0 Å². The van der Waals surface area contributed by atoms with E-state index in [-0.39, 0.29) is 13.2 Å². The molecule has 0 aliphatic rings. The molecule has 18 heavy (non-hydrogen) atoms. The number of ether oxygens (including phenoxy) is 2. The third-order valence-corrected chi connectivity index (χ3v) is 2.03. The molecule has 0 radical (unpaired) electrons. The van der Waals surface area contributed by atoms with Crippen molar-refractivity contribution in [3.63, 3.8) is 0 Å². The van der Waals surface area contributed by atoms with Crippen molar-refractivity contribution in [2.45, 2.75) is 26.9 Å². The van der Waals surface area contributed by atoms with Crippen LogP contribution in [0.2, 0.25) is 0 Å². The van der Waals surface area contributed by atoms with Gasteiger partial charge in [0.05, 0.1) is 24.7 Å². The van der Waals surface area contributed by atoms with Gasteiger partial charge >= 0.3 is 18.1 Å². The topological polar surface area (TPSA) is 52.6 Å². The van der Waals surface area contributed by atoms with Gasteiger partial charge in [-0.25, -0.2) is 9.59 Å². The lowest BCUT2D eigenvalue weighted by molar-refractivity contribution is -0.167. The highest BCUT2D eigenvalue weighted by Gasteiger charge is 2.41. The summed E-state index contributed by atoms with van der Waals surface area (Å²) in [5, 5.41) is 0. The molecule has 0 saturated carbocycles. The SMILES string of the molecule is CCOC(=O)C=C(C(=O)OCC)C(C)C(F)(F)F. The van der Waals surface area contributed by atoms with Gasteiger partial charge < -0.3 is 9.47 Å². The van der Waals surface area contributed by atoms with Gasteiger partial charge in [-0.2, -0.15) is 13.2 Å². The van der Waals surface area contributed by atoms with Crippen LogP contribution in [0.25, 0.3) is 0 Å². The molecule has 0 aliphatic heterocycles. The minimum atomic E-state index is -4.63. The highest BCUT2D eigenvalue weighted by atomic mass is 19.4. The Kier molecular flexibility index (Phi) is 6.43.